The molecule has 3 nitrogen and oxygen atoms in total. The van der Waals surface area contributed by atoms with Crippen LogP contribution in [0.15, 0.2) is 30.3 Å². The van der Waals surface area contributed by atoms with E-state index >= 15 is 0 Å². The van der Waals surface area contributed by atoms with E-state index < -0.39 is 0 Å². The van der Waals surface area contributed by atoms with Crippen LogP contribution in [0.1, 0.15) is 28.3 Å². The third kappa shape index (κ3) is 2.74. The molecular weight excluding hydrogens is 258 g/mol. The Bertz CT molecular complexity index is 579. The van der Waals surface area contributed by atoms with Gasteiger partial charge in [-0.1, -0.05) is 6.07 Å². The zero-order valence-electron chi connectivity index (χ0n) is 11.1. The molecule has 0 spiro atoms. The second-order valence-electron chi connectivity index (χ2n) is 4.74. The highest BCUT2D eigenvalue weighted by Crippen LogP contribution is 2.32. The maximum absolute atomic E-state index is 5.39. The lowest BCUT2D eigenvalue weighted by atomic mass is 10.2. The van der Waals surface area contributed by atoms with E-state index in [1.54, 1.807) is 0 Å². The van der Waals surface area contributed by atoms with Gasteiger partial charge in [0.2, 0.25) is 6.79 Å². The van der Waals surface area contributed by atoms with E-state index in [1.807, 2.05) is 23.5 Å². The highest BCUT2D eigenvalue weighted by molar-refractivity contribution is 7.12. The van der Waals surface area contributed by atoms with E-state index in [9.17, 15) is 0 Å². The second kappa shape index (κ2) is 5.23. The molecule has 1 aromatic carbocycles. The smallest absolute Gasteiger partial charge is 0.231 e. The molecule has 0 aliphatic carbocycles. The highest BCUT2D eigenvalue weighted by Gasteiger charge is 2.13. The second-order valence-corrected chi connectivity index (χ2v) is 6.06. The van der Waals surface area contributed by atoms with E-state index in [0.29, 0.717) is 12.8 Å². The van der Waals surface area contributed by atoms with Crippen molar-refractivity contribution in [1.29, 1.82) is 0 Å². The first kappa shape index (κ1) is 12.5. The molecule has 0 radical (unpaired) electrons. The molecule has 1 unspecified atom stereocenters. The third-order valence-corrected chi connectivity index (χ3v) is 4.42. The van der Waals surface area contributed by atoms with Crippen molar-refractivity contribution in [2.45, 2.75) is 26.4 Å². The number of fused-ring (bicyclic) bond motifs is 1. The van der Waals surface area contributed by atoms with Gasteiger partial charge >= 0.3 is 0 Å². The molecule has 0 bridgehead atoms. The summed E-state index contributed by atoms with van der Waals surface area (Å²) in [5.41, 5.74) is 1.21. The maximum atomic E-state index is 5.39. The number of ether oxygens (including phenoxy) is 2. The lowest BCUT2D eigenvalue weighted by Gasteiger charge is -2.12. The molecule has 1 aromatic heterocycles. The Kier molecular flexibility index (Phi) is 3.44. The monoisotopic (exact) mass is 275 g/mol. The summed E-state index contributed by atoms with van der Waals surface area (Å²) in [5.74, 6) is 1.68. The topological polar surface area (TPSA) is 30.5 Å². The van der Waals surface area contributed by atoms with Gasteiger partial charge in [-0.15, -0.1) is 11.3 Å². The number of nitrogens with one attached hydrogen (secondary N) is 1. The van der Waals surface area contributed by atoms with Crippen LogP contribution in [0.25, 0.3) is 0 Å². The van der Waals surface area contributed by atoms with Crippen LogP contribution in [-0.4, -0.2) is 6.79 Å². The Morgan fingerprint density at radius 1 is 1.21 bits per heavy atom. The van der Waals surface area contributed by atoms with Gasteiger partial charge in [0.15, 0.2) is 11.5 Å². The standard InChI is InChI=1S/C15H17NO2S/c1-10-3-6-15(19-10)11(2)16-8-12-4-5-13-14(7-12)18-9-17-13/h3-7,11,16H,8-9H2,1-2H3. The largest absolute Gasteiger partial charge is 0.454 e. The van der Waals surface area contributed by atoms with Gasteiger partial charge in [-0.3, -0.25) is 0 Å². The molecule has 1 aliphatic rings. The van der Waals surface area contributed by atoms with Crippen LogP contribution >= 0.6 is 11.3 Å². The minimum absolute atomic E-state index is 0.330. The minimum Gasteiger partial charge on any atom is -0.454 e. The van der Waals surface area contributed by atoms with Crippen LogP contribution in [0.4, 0.5) is 0 Å². The minimum atomic E-state index is 0.330. The molecule has 4 heteroatoms. The van der Waals surface area contributed by atoms with Crippen molar-refractivity contribution >= 4 is 11.3 Å². The number of thiophene rings is 1. The van der Waals surface area contributed by atoms with Gasteiger partial charge in [-0.25, -0.2) is 0 Å². The van der Waals surface area contributed by atoms with Gasteiger partial charge in [-0.05, 0) is 43.7 Å². The summed E-state index contributed by atoms with van der Waals surface area (Å²) >= 11 is 1.84. The number of hydrogen-bond acceptors (Lipinski definition) is 4. The van der Waals surface area contributed by atoms with Crippen molar-refractivity contribution in [3.63, 3.8) is 0 Å². The molecule has 19 heavy (non-hydrogen) atoms. The van der Waals surface area contributed by atoms with Gasteiger partial charge in [0, 0.05) is 22.3 Å². The molecule has 1 atom stereocenters. The lowest BCUT2D eigenvalue weighted by molar-refractivity contribution is 0.174. The number of benzene rings is 1. The van der Waals surface area contributed by atoms with Crippen molar-refractivity contribution in [2.75, 3.05) is 6.79 Å². The van der Waals surface area contributed by atoms with E-state index in [1.165, 1.54) is 15.3 Å². The van der Waals surface area contributed by atoms with Gasteiger partial charge in [-0.2, -0.15) is 0 Å². The summed E-state index contributed by atoms with van der Waals surface area (Å²) in [6, 6.07) is 10.8. The summed E-state index contributed by atoms with van der Waals surface area (Å²) in [6.07, 6.45) is 0. The van der Waals surface area contributed by atoms with E-state index in [4.69, 9.17) is 9.47 Å². The van der Waals surface area contributed by atoms with E-state index in [-0.39, 0.29) is 0 Å². The van der Waals surface area contributed by atoms with Crippen molar-refractivity contribution in [3.8, 4) is 11.5 Å². The molecule has 1 aliphatic heterocycles. The van der Waals surface area contributed by atoms with Crippen LogP contribution in [0.3, 0.4) is 0 Å². The summed E-state index contributed by atoms with van der Waals surface area (Å²) in [6.45, 7) is 5.49. The Hall–Kier alpha value is -1.52. The molecule has 0 fully saturated rings. The predicted molar refractivity (Wildman–Crippen MR) is 76.9 cm³/mol. The maximum Gasteiger partial charge on any atom is 0.231 e. The summed E-state index contributed by atoms with van der Waals surface area (Å²) in [5, 5.41) is 3.53. The number of aryl methyl sites for hydroxylation is 1. The van der Waals surface area contributed by atoms with Gasteiger partial charge in [0.25, 0.3) is 0 Å². The number of hydrogen-bond donors (Lipinski definition) is 1. The predicted octanol–water partition coefficient (Wildman–Crippen LogP) is 3.64. The number of rotatable bonds is 4. The lowest BCUT2D eigenvalue weighted by Crippen LogP contribution is -2.17. The zero-order valence-corrected chi connectivity index (χ0v) is 11.9. The molecule has 0 saturated carbocycles. The Balaban J connectivity index is 1.63. The van der Waals surface area contributed by atoms with Crippen molar-refractivity contribution in [3.05, 3.63) is 45.6 Å². The summed E-state index contributed by atoms with van der Waals surface area (Å²) < 4.78 is 10.7. The quantitative estimate of drug-likeness (QED) is 0.924. The molecule has 2 heterocycles. The zero-order chi connectivity index (χ0) is 13.2. The van der Waals surface area contributed by atoms with Crippen LogP contribution < -0.4 is 14.8 Å². The van der Waals surface area contributed by atoms with Crippen molar-refractivity contribution in [2.24, 2.45) is 0 Å². The molecule has 2 aromatic rings. The fourth-order valence-corrected chi connectivity index (χ4v) is 3.01. The normalized spacial score (nSPS) is 14.6. The van der Waals surface area contributed by atoms with E-state index in [2.05, 4.69) is 37.4 Å². The SMILES string of the molecule is Cc1ccc(C(C)NCc2ccc3c(c2)OCO3)s1. The first-order valence-electron chi connectivity index (χ1n) is 6.40. The summed E-state index contributed by atoms with van der Waals surface area (Å²) in [4.78, 5) is 2.73. The first-order chi connectivity index (χ1) is 9.22. The van der Waals surface area contributed by atoms with Crippen LogP contribution in [0, 0.1) is 6.92 Å². The van der Waals surface area contributed by atoms with Gasteiger partial charge in [0.1, 0.15) is 0 Å². The average Bonchev–Trinajstić information content (AvgIpc) is 3.03. The molecular formula is C15H17NO2S. The highest BCUT2D eigenvalue weighted by atomic mass is 32.1. The Morgan fingerprint density at radius 2 is 2.05 bits per heavy atom. The fraction of sp³-hybridized carbons (Fsp3) is 0.333. The molecule has 100 valence electrons. The Morgan fingerprint density at radius 3 is 2.84 bits per heavy atom. The van der Waals surface area contributed by atoms with Crippen LogP contribution in [0.2, 0.25) is 0 Å². The first-order valence-corrected chi connectivity index (χ1v) is 7.22. The molecule has 3 rings (SSSR count). The molecule has 0 amide bonds. The van der Waals surface area contributed by atoms with Gasteiger partial charge < -0.3 is 14.8 Å². The van der Waals surface area contributed by atoms with E-state index in [0.717, 1.165) is 18.0 Å². The Labute approximate surface area is 117 Å². The van der Waals surface area contributed by atoms with Crippen molar-refractivity contribution in [1.82, 2.24) is 5.32 Å². The molecule has 0 saturated heterocycles. The van der Waals surface area contributed by atoms with Crippen LogP contribution in [0.5, 0.6) is 11.5 Å². The van der Waals surface area contributed by atoms with Gasteiger partial charge in [0.05, 0.1) is 0 Å². The average molecular weight is 275 g/mol. The van der Waals surface area contributed by atoms with Crippen molar-refractivity contribution < 1.29 is 9.47 Å². The summed E-state index contributed by atoms with van der Waals surface area (Å²) in [7, 11) is 0. The fourth-order valence-electron chi connectivity index (χ4n) is 2.11. The van der Waals surface area contributed by atoms with Crippen LogP contribution in [-0.2, 0) is 6.54 Å². The molecule has 1 N–H and O–H groups in total. The third-order valence-electron chi connectivity index (χ3n) is 3.24.